The third-order valence-corrected chi connectivity index (χ3v) is 1.89. The summed E-state index contributed by atoms with van der Waals surface area (Å²) in [6.45, 7) is 0. The minimum Gasteiger partial charge on any atom is -0.432 e. The first kappa shape index (κ1) is 12.1. The molecule has 1 unspecified atom stereocenters. The Labute approximate surface area is 89.2 Å². The molecule has 1 aromatic rings. The molecule has 0 aliphatic heterocycles. The molecule has 0 amide bonds. The third kappa shape index (κ3) is 3.28. The average molecular weight is 241 g/mol. The Morgan fingerprint density at radius 2 is 2.13 bits per heavy atom. The number of alkyl halides is 4. The predicted octanol–water partition coefficient (Wildman–Crippen LogP) is 2.68. The highest BCUT2D eigenvalue weighted by atomic mass is 35.5. The summed E-state index contributed by atoms with van der Waals surface area (Å²) >= 11 is 5.47. The molecule has 0 spiro atoms. The zero-order valence-corrected chi connectivity index (χ0v) is 8.22. The number of rotatable bonds is 4. The highest BCUT2D eigenvalue weighted by Crippen LogP contribution is 2.24. The van der Waals surface area contributed by atoms with Crippen LogP contribution in [-0.2, 0) is 5.88 Å². The number of halogens is 4. The maximum absolute atomic E-state index is 12.7. The van der Waals surface area contributed by atoms with Crippen molar-refractivity contribution in [3.05, 3.63) is 29.8 Å². The van der Waals surface area contributed by atoms with Crippen molar-refractivity contribution in [2.45, 2.75) is 18.3 Å². The summed E-state index contributed by atoms with van der Waals surface area (Å²) in [6, 6.07) is 1.59. The fraction of sp³-hybridized carbons (Fsp3) is 0.333. The molecule has 2 nitrogen and oxygen atoms in total. The maximum atomic E-state index is 12.7. The van der Waals surface area contributed by atoms with Gasteiger partial charge in [-0.3, -0.25) is 0 Å². The van der Waals surface area contributed by atoms with Crippen LogP contribution >= 0.6 is 11.6 Å². The molecule has 0 aromatic heterocycles. The fourth-order valence-corrected chi connectivity index (χ4v) is 1.07. The predicted molar refractivity (Wildman–Crippen MR) is 48.7 cm³/mol. The minimum absolute atomic E-state index is 0.136. The van der Waals surface area contributed by atoms with Gasteiger partial charge in [0.1, 0.15) is 5.75 Å². The Morgan fingerprint density at radius 1 is 1.47 bits per heavy atom. The second-order valence-electron chi connectivity index (χ2n) is 2.79. The van der Waals surface area contributed by atoms with E-state index in [1.165, 1.54) is 18.2 Å². The topological polar surface area (TPSA) is 29.5 Å². The summed E-state index contributed by atoms with van der Waals surface area (Å²) in [5.74, 6) is -0.0743. The summed E-state index contributed by atoms with van der Waals surface area (Å²) in [5.41, 5.74) is 0.569. The van der Waals surface area contributed by atoms with Crippen molar-refractivity contribution < 1.29 is 23.0 Å². The van der Waals surface area contributed by atoms with Crippen LogP contribution < -0.4 is 4.74 Å². The Hall–Kier alpha value is -0.940. The zero-order valence-electron chi connectivity index (χ0n) is 7.46. The van der Waals surface area contributed by atoms with E-state index in [9.17, 15) is 13.2 Å². The largest absolute Gasteiger partial charge is 0.432 e. The highest BCUT2D eigenvalue weighted by molar-refractivity contribution is 6.17. The molecule has 0 radical (unpaired) electrons. The van der Waals surface area contributed by atoms with Crippen LogP contribution in [0.25, 0.3) is 0 Å². The normalized spacial score (nSPS) is 15.1. The second kappa shape index (κ2) is 4.72. The first-order valence-electron chi connectivity index (χ1n) is 3.99. The fourth-order valence-electron chi connectivity index (χ4n) is 0.902. The Kier molecular flexibility index (Phi) is 3.82. The van der Waals surface area contributed by atoms with E-state index in [0.29, 0.717) is 5.56 Å². The van der Waals surface area contributed by atoms with Crippen LogP contribution in [0.15, 0.2) is 24.3 Å². The van der Waals surface area contributed by atoms with Crippen molar-refractivity contribution in [1.29, 1.82) is 0 Å². The molecule has 0 fully saturated rings. The molecule has 1 atom stereocenters. The number of hydrogen-bond acceptors (Lipinski definition) is 2. The van der Waals surface area contributed by atoms with Crippen LogP contribution in [0.5, 0.6) is 5.75 Å². The van der Waals surface area contributed by atoms with E-state index in [2.05, 4.69) is 4.74 Å². The molecule has 0 bridgehead atoms. The van der Waals surface area contributed by atoms with Crippen LogP contribution in [0.4, 0.5) is 13.2 Å². The van der Waals surface area contributed by atoms with Gasteiger partial charge in [-0.05, 0) is 17.7 Å². The molecule has 1 N–H and O–H groups in total. The molecule has 15 heavy (non-hydrogen) atoms. The molecule has 1 aromatic carbocycles. The van der Waals surface area contributed by atoms with Crippen LogP contribution in [0, 0.1) is 0 Å². The highest BCUT2D eigenvalue weighted by Gasteiger charge is 2.41. The molecule has 0 heterocycles. The van der Waals surface area contributed by atoms with E-state index in [1.54, 1.807) is 6.07 Å². The lowest BCUT2D eigenvalue weighted by Crippen LogP contribution is -2.38. The number of benzene rings is 1. The molecule has 0 aliphatic carbocycles. The molecule has 84 valence electrons. The van der Waals surface area contributed by atoms with Gasteiger partial charge in [-0.2, -0.15) is 13.2 Å². The smallest absolute Gasteiger partial charge is 0.424 e. The summed E-state index contributed by atoms with van der Waals surface area (Å²) in [4.78, 5) is 0. The van der Waals surface area contributed by atoms with Crippen LogP contribution in [0.1, 0.15) is 5.56 Å². The Morgan fingerprint density at radius 3 is 2.67 bits per heavy atom. The minimum atomic E-state index is -3.98. The van der Waals surface area contributed by atoms with Crippen LogP contribution in [-0.4, -0.2) is 17.6 Å². The van der Waals surface area contributed by atoms with Crippen molar-refractivity contribution in [3.63, 3.8) is 0 Å². The van der Waals surface area contributed by atoms with Gasteiger partial charge < -0.3 is 9.84 Å². The molecule has 6 heteroatoms. The standard InChI is InChI=1S/C9H8ClF3O2/c10-5-6-2-1-3-7(4-6)15-9(13,14)8(11)12/h1-4,8,14H,5H2. The van der Waals surface area contributed by atoms with Crippen molar-refractivity contribution in [1.82, 2.24) is 0 Å². The van der Waals surface area contributed by atoms with Gasteiger partial charge in [-0.25, -0.2) is 0 Å². The van der Waals surface area contributed by atoms with Crippen molar-refractivity contribution in [3.8, 4) is 5.75 Å². The summed E-state index contributed by atoms with van der Waals surface area (Å²) in [6.07, 6.45) is -3.64. The SMILES string of the molecule is OC(F)(Oc1cccc(CCl)c1)C(F)F. The average Bonchev–Trinajstić information content (AvgIpc) is 2.17. The number of hydrogen-bond donors (Lipinski definition) is 1. The molecule has 0 saturated heterocycles. The monoisotopic (exact) mass is 240 g/mol. The molecule has 0 aliphatic rings. The van der Waals surface area contributed by atoms with Gasteiger partial charge in [0.2, 0.25) is 0 Å². The zero-order chi connectivity index (χ0) is 11.5. The summed E-state index contributed by atoms with van der Waals surface area (Å²) in [5, 5.41) is 8.54. The van der Waals surface area contributed by atoms with E-state index in [0.717, 1.165) is 0 Å². The first-order chi connectivity index (χ1) is 6.95. The third-order valence-electron chi connectivity index (χ3n) is 1.58. The van der Waals surface area contributed by atoms with Gasteiger partial charge in [-0.1, -0.05) is 12.1 Å². The maximum Gasteiger partial charge on any atom is 0.424 e. The van der Waals surface area contributed by atoms with Crippen LogP contribution in [0.2, 0.25) is 0 Å². The Bertz CT molecular complexity index is 331. The van der Waals surface area contributed by atoms with E-state index in [4.69, 9.17) is 16.7 Å². The van der Waals surface area contributed by atoms with Gasteiger partial charge in [0.25, 0.3) is 0 Å². The van der Waals surface area contributed by atoms with Gasteiger partial charge in [-0.15, -0.1) is 11.6 Å². The van der Waals surface area contributed by atoms with Crippen molar-refractivity contribution in [2.24, 2.45) is 0 Å². The lowest BCUT2D eigenvalue weighted by atomic mass is 10.2. The molecular weight excluding hydrogens is 233 g/mol. The first-order valence-corrected chi connectivity index (χ1v) is 4.52. The lowest BCUT2D eigenvalue weighted by Gasteiger charge is -2.19. The van der Waals surface area contributed by atoms with Gasteiger partial charge in [0.15, 0.2) is 0 Å². The van der Waals surface area contributed by atoms with Gasteiger partial charge in [0, 0.05) is 5.88 Å². The molecule has 0 saturated carbocycles. The van der Waals surface area contributed by atoms with E-state index in [-0.39, 0.29) is 11.6 Å². The molecular formula is C9H8ClF3O2. The summed E-state index contributed by atoms with van der Waals surface area (Å²) in [7, 11) is 0. The van der Waals surface area contributed by atoms with Gasteiger partial charge in [0.05, 0.1) is 0 Å². The Balaban J connectivity index is 2.80. The molecule has 1 rings (SSSR count). The van der Waals surface area contributed by atoms with E-state index < -0.39 is 12.5 Å². The van der Waals surface area contributed by atoms with Crippen molar-refractivity contribution in [2.75, 3.05) is 0 Å². The number of aliphatic hydroxyl groups is 1. The second-order valence-corrected chi connectivity index (χ2v) is 3.06. The van der Waals surface area contributed by atoms with Gasteiger partial charge >= 0.3 is 12.5 Å². The summed E-state index contributed by atoms with van der Waals surface area (Å²) < 4.78 is 40.6. The van der Waals surface area contributed by atoms with Crippen LogP contribution in [0.3, 0.4) is 0 Å². The van der Waals surface area contributed by atoms with E-state index >= 15 is 0 Å². The lowest BCUT2D eigenvalue weighted by molar-refractivity contribution is -0.302. The van der Waals surface area contributed by atoms with E-state index in [1.807, 2.05) is 0 Å². The number of ether oxygens (including phenoxy) is 1. The quantitative estimate of drug-likeness (QED) is 0.648. The van der Waals surface area contributed by atoms with Crippen molar-refractivity contribution >= 4 is 11.6 Å².